The summed E-state index contributed by atoms with van der Waals surface area (Å²) in [7, 11) is 0. The van der Waals surface area contributed by atoms with Crippen LogP contribution in [0.5, 0.6) is 0 Å². The van der Waals surface area contributed by atoms with E-state index in [9.17, 15) is 9.18 Å². The van der Waals surface area contributed by atoms with Gasteiger partial charge in [-0.1, -0.05) is 12.1 Å². The van der Waals surface area contributed by atoms with Crippen LogP contribution in [0.3, 0.4) is 0 Å². The van der Waals surface area contributed by atoms with Gasteiger partial charge in [-0.25, -0.2) is 9.37 Å². The van der Waals surface area contributed by atoms with Crippen LogP contribution in [0.1, 0.15) is 23.2 Å². The molecule has 0 saturated carbocycles. The Kier molecular flexibility index (Phi) is 3.99. The number of hydrogen-bond donors (Lipinski definition) is 0. The van der Waals surface area contributed by atoms with E-state index in [1.54, 1.807) is 29.3 Å². The zero-order valence-corrected chi connectivity index (χ0v) is 11.8. The molecule has 110 valence electrons. The number of halogens is 1. The molecule has 2 aromatic rings. The molecule has 0 N–H and O–H groups in total. The van der Waals surface area contributed by atoms with E-state index in [2.05, 4.69) is 9.55 Å². The molecule has 1 aliphatic rings. The maximum Gasteiger partial charge on any atom is 0.256 e. The molecule has 2 heterocycles. The minimum absolute atomic E-state index is 0.172. The van der Waals surface area contributed by atoms with Gasteiger partial charge in [0.2, 0.25) is 0 Å². The van der Waals surface area contributed by atoms with Crippen molar-refractivity contribution >= 4 is 5.91 Å². The van der Waals surface area contributed by atoms with Gasteiger partial charge in [0.25, 0.3) is 5.91 Å². The third kappa shape index (κ3) is 3.12. The van der Waals surface area contributed by atoms with E-state index >= 15 is 0 Å². The van der Waals surface area contributed by atoms with Gasteiger partial charge in [0.1, 0.15) is 5.82 Å². The molecule has 0 unspecified atom stereocenters. The molecule has 0 atom stereocenters. The van der Waals surface area contributed by atoms with Crippen molar-refractivity contribution in [3.05, 3.63) is 54.4 Å². The van der Waals surface area contributed by atoms with Gasteiger partial charge in [-0.3, -0.25) is 4.79 Å². The number of imidazole rings is 1. The first-order chi connectivity index (χ1) is 10.2. The van der Waals surface area contributed by atoms with Crippen LogP contribution in [0, 0.1) is 11.7 Å². The molecule has 0 radical (unpaired) electrons. The molecule has 0 bridgehead atoms. The molecule has 3 rings (SSSR count). The van der Waals surface area contributed by atoms with Gasteiger partial charge in [0, 0.05) is 32.0 Å². The van der Waals surface area contributed by atoms with Crippen LogP contribution in [0.25, 0.3) is 0 Å². The lowest BCUT2D eigenvalue weighted by Gasteiger charge is -2.32. The van der Waals surface area contributed by atoms with E-state index in [1.807, 2.05) is 12.5 Å². The highest BCUT2D eigenvalue weighted by atomic mass is 19.1. The number of carbonyl (C=O) groups excluding carboxylic acids is 1. The Hall–Kier alpha value is -2.17. The summed E-state index contributed by atoms with van der Waals surface area (Å²) in [4.78, 5) is 18.1. The molecule has 4 nitrogen and oxygen atoms in total. The number of nitrogens with zero attached hydrogens (tertiary/aromatic N) is 3. The number of piperidine rings is 1. The monoisotopic (exact) mass is 287 g/mol. The Morgan fingerprint density at radius 1 is 1.29 bits per heavy atom. The Morgan fingerprint density at radius 3 is 2.71 bits per heavy atom. The average molecular weight is 287 g/mol. The predicted octanol–water partition coefficient (Wildman–Crippen LogP) is 2.57. The Labute approximate surface area is 123 Å². The molecule has 0 spiro atoms. The maximum atomic E-state index is 13.7. The third-order valence-electron chi connectivity index (χ3n) is 4.03. The van der Waals surface area contributed by atoms with Crippen LogP contribution >= 0.6 is 0 Å². The van der Waals surface area contributed by atoms with Crippen molar-refractivity contribution < 1.29 is 9.18 Å². The molecular weight excluding hydrogens is 269 g/mol. The normalized spacial score (nSPS) is 16.1. The topological polar surface area (TPSA) is 38.1 Å². The lowest BCUT2D eigenvalue weighted by Crippen LogP contribution is -2.39. The molecule has 0 aliphatic carbocycles. The smallest absolute Gasteiger partial charge is 0.256 e. The van der Waals surface area contributed by atoms with Gasteiger partial charge in [-0.2, -0.15) is 0 Å². The Balaban J connectivity index is 1.58. The van der Waals surface area contributed by atoms with E-state index in [-0.39, 0.29) is 11.5 Å². The summed E-state index contributed by atoms with van der Waals surface area (Å²) in [5, 5.41) is 0. The zero-order chi connectivity index (χ0) is 14.7. The number of aromatic nitrogens is 2. The highest BCUT2D eigenvalue weighted by molar-refractivity contribution is 5.94. The van der Waals surface area contributed by atoms with Gasteiger partial charge in [0.05, 0.1) is 11.9 Å². The number of likely N-dealkylation sites (tertiary alicyclic amines) is 1. The fourth-order valence-corrected chi connectivity index (χ4v) is 2.82. The van der Waals surface area contributed by atoms with E-state index < -0.39 is 5.82 Å². The zero-order valence-electron chi connectivity index (χ0n) is 11.8. The summed E-state index contributed by atoms with van der Waals surface area (Å²) in [6.07, 6.45) is 7.43. The second kappa shape index (κ2) is 6.08. The van der Waals surface area contributed by atoms with Gasteiger partial charge in [-0.15, -0.1) is 0 Å². The van der Waals surface area contributed by atoms with Crippen molar-refractivity contribution in [2.45, 2.75) is 19.4 Å². The summed E-state index contributed by atoms with van der Waals surface area (Å²) < 4.78 is 15.7. The van der Waals surface area contributed by atoms with Crippen molar-refractivity contribution in [3.63, 3.8) is 0 Å². The van der Waals surface area contributed by atoms with Crippen molar-refractivity contribution in [2.24, 2.45) is 5.92 Å². The SMILES string of the molecule is O=C(c1ccccc1F)N1CCC(Cn2ccnc2)CC1. The molecule has 1 fully saturated rings. The summed E-state index contributed by atoms with van der Waals surface area (Å²) in [6, 6.07) is 6.18. The van der Waals surface area contributed by atoms with E-state index in [0.717, 1.165) is 19.4 Å². The van der Waals surface area contributed by atoms with Crippen LogP contribution in [-0.2, 0) is 6.54 Å². The largest absolute Gasteiger partial charge is 0.339 e. The maximum absolute atomic E-state index is 13.7. The lowest BCUT2D eigenvalue weighted by atomic mass is 9.96. The van der Waals surface area contributed by atoms with E-state index in [4.69, 9.17) is 0 Å². The molecule has 21 heavy (non-hydrogen) atoms. The molecule has 5 heteroatoms. The first kappa shape index (κ1) is 13.8. The number of amides is 1. The van der Waals surface area contributed by atoms with Gasteiger partial charge < -0.3 is 9.47 Å². The number of benzene rings is 1. The molecule has 1 aromatic carbocycles. The van der Waals surface area contributed by atoms with Crippen LogP contribution < -0.4 is 0 Å². The summed E-state index contributed by atoms with van der Waals surface area (Å²) in [5.41, 5.74) is 0.172. The number of carbonyl (C=O) groups is 1. The predicted molar refractivity (Wildman–Crippen MR) is 77.3 cm³/mol. The summed E-state index contributed by atoms with van der Waals surface area (Å²) >= 11 is 0. The quantitative estimate of drug-likeness (QED) is 0.870. The van der Waals surface area contributed by atoms with Crippen LogP contribution in [0.15, 0.2) is 43.0 Å². The van der Waals surface area contributed by atoms with E-state index in [1.165, 1.54) is 6.07 Å². The van der Waals surface area contributed by atoms with Crippen molar-refractivity contribution in [3.8, 4) is 0 Å². The van der Waals surface area contributed by atoms with Crippen molar-refractivity contribution in [1.29, 1.82) is 0 Å². The summed E-state index contributed by atoms with van der Waals surface area (Å²) in [5.74, 6) is -0.0962. The second-order valence-corrected chi connectivity index (χ2v) is 5.47. The third-order valence-corrected chi connectivity index (χ3v) is 4.03. The van der Waals surface area contributed by atoms with Crippen LogP contribution in [-0.4, -0.2) is 33.4 Å². The Morgan fingerprint density at radius 2 is 2.05 bits per heavy atom. The van der Waals surface area contributed by atoms with E-state index in [0.29, 0.717) is 19.0 Å². The number of hydrogen-bond acceptors (Lipinski definition) is 2. The molecule has 1 aromatic heterocycles. The highest BCUT2D eigenvalue weighted by Gasteiger charge is 2.25. The minimum atomic E-state index is -0.442. The average Bonchev–Trinajstić information content (AvgIpc) is 3.01. The molecule has 1 aliphatic heterocycles. The van der Waals surface area contributed by atoms with Crippen molar-refractivity contribution in [1.82, 2.24) is 14.5 Å². The minimum Gasteiger partial charge on any atom is -0.339 e. The first-order valence-electron chi connectivity index (χ1n) is 7.23. The fourth-order valence-electron chi connectivity index (χ4n) is 2.82. The summed E-state index contributed by atoms with van der Waals surface area (Å²) in [6.45, 7) is 2.31. The van der Waals surface area contributed by atoms with Gasteiger partial charge >= 0.3 is 0 Å². The first-order valence-corrected chi connectivity index (χ1v) is 7.23. The van der Waals surface area contributed by atoms with Crippen LogP contribution in [0.4, 0.5) is 4.39 Å². The van der Waals surface area contributed by atoms with Crippen molar-refractivity contribution in [2.75, 3.05) is 13.1 Å². The molecule has 1 amide bonds. The lowest BCUT2D eigenvalue weighted by molar-refractivity contribution is 0.0678. The molecule has 1 saturated heterocycles. The molecular formula is C16H18FN3O. The van der Waals surface area contributed by atoms with Crippen LogP contribution in [0.2, 0.25) is 0 Å². The highest BCUT2D eigenvalue weighted by Crippen LogP contribution is 2.21. The number of rotatable bonds is 3. The van der Waals surface area contributed by atoms with Gasteiger partial charge in [-0.05, 0) is 30.9 Å². The Bertz CT molecular complexity index is 604. The second-order valence-electron chi connectivity index (χ2n) is 5.47. The standard InChI is InChI=1S/C16H18FN3O/c17-15-4-2-1-3-14(15)16(21)20-8-5-13(6-9-20)11-19-10-7-18-12-19/h1-4,7,10,12-13H,5-6,8-9,11H2. The van der Waals surface area contributed by atoms with Gasteiger partial charge in [0.15, 0.2) is 0 Å². The fraction of sp³-hybridized carbons (Fsp3) is 0.375.